The maximum atomic E-state index is 11.9. The fourth-order valence-electron chi connectivity index (χ4n) is 2.05. The van der Waals surface area contributed by atoms with Crippen LogP contribution in [0.4, 0.5) is 0 Å². The first-order chi connectivity index (χ1) is 11.2. The Labute approximate surface area is 134 Å². The van der Waals surface area contributed by atoms with Crippen molar-refractivity contribution in [3.8, 4) is 0 Å². The fourth-order valence-corrected chi connectivity index (χ4v) is 2.05. The van der Waals surface area contributed by atoms with Gasteiger partial charge in [-0.3, -0.25) is 10.1 Å². The molecule has 0 saturated heterocycles. The zero-order valence-corrected chi connectivity index (χ0v) is 12.7. The molecule has 5 nitrogen and oxygen atoms in total. The maximum Gasteiger partial charge on any atom is 0.276 e. The highest BCUT2D eigenvalue weighted by Gasteiger charge is 2.19. The number of benzene rings is 2. The van der Waals surface area contributed by atoms with E-state index >= 15 is 0 Å². The second kappa shape index (κ2) is 6.70. The Morgan fingerprint density at radius 1 is 1.04 bits per heavy atom. The van der Waals surface area contributed by atoms with E-state index < -0.39 is 0 Å². The first-order valence-corrected chi connectivity index (χ1v) is 7.23. The van der Waals surface area contributed by atoms with E-state index in [2.05, 4.69) is 20.8 Å². The molecule has 0 radical (unpaired) electrons. The van der Waals surface area contributed by atoms with E-state index in [0.29, 0.717) is 11.7 Å². The molecule has 23 heavy (non-hydrogen) atoms. The Kier molecular flexibility index (Phi) is 4.29. The Balaban J connectivity index is 1.69. The topological polar surface area (TPSA) is 65.8 Å². The Morgan fingerprint density at radius 3 is 2.52 bits per heavy atom. The fraction of sp³-hybridized carbons (Fsp3) is 0.0556. The van der Waals surface area contributed by atoms with E-state index in [1.54, 1.807) is 12.3 Å². The molecule has 1 aliphatic heterocycles. The lowest BCUT2D eigenvalue weighted by Crippen LogP contribution is -2.33. The number of aliphatic imine (C=N–C) groups is 1. The summed E-state index contributed by atoms with van der Waals surface area (Å²) in [5.41, 5.74) is 6.14. The van der Waals surface area contributed by atoms with Crippen molar-refractivity contribution >= 4 is 24.2 Å². The molecular weight excluding hydrogens is 288 g/mol. The number of guanidine groups is 1. The van der Waals surface area contributed by atoms with Crippen molar-refractivity contribution < 1.29 is 4.79 Å². The van der Waals surface area contributed by atoms with Crippen molar-refractivity contribution in [1.29, 1.82) is 0 Å². The van der Waals surface area contributed by atoms with Crippen LogP contribution in [0.25, 0.3) is 6.08 Å². The van der Waals surface area contributed by atoms with Crippen LogP contribution in [0.5, 0.6) is 0 Å². The minimum atomic E-state index is -0.247. The average molecular weight is 304 g/mol. The number of nitrogens with zero attached hydrogens (tertiary/aromatic N) is 2. The number of carbonyl (C=O) groups is 1. The zero-order chi connectivity index (χ0) is 16.1. The van der Waals surface area contributed by atoms with Crippen molar-refractivity contribution in [2.45, 2.75) is 6.92 Å². The van der Waals surface area contributed by atoms with Crippen molar-refractivity contribution in [3.63, 3.8) is 0 Å². The van der Waals surface area contributed by atoms with E-state index in [9.17, 15) is 4.79 Å². The molecule has 0 bridgehead atoms. The number of aryl methyl sites for hydroxylation is 1. The number of amides is 1. The largest absolute Gasteiger partial charge is 0.289 e. The third kappa shape index (κ3) is 3.91. The van der Waals surface area contributed by atoms with Crippen LogP contribution in [0.3, 0.4) is 0 Å². The summed E-state index contributed by atoms with van der Waals surface area (Å²) in [7, 11) is 0. The predicted molar refractivity (Wildman–Crippen MR) is 91.9 cm³/mol. The van der Waals surface area contributed by atoms with Gasteiger partial charge in [-0.1, -0.05) is 60.2 Å². The highest BCUT2D eigenvalue weighted by atomic mass is 16.2. The van der Waals surface area contributed by atoms with Gasteiger partial charge in [0.1, 0.15) is 5.70 Å². The number of carbonyl (C=O) groups excluding carboxylic acids is 1. The summed E-state index contributed by atoms with van der Waals surface area (Å²) < 4.78 is 0. The molecule has 0 saturated carbocycles. The SMILES string of the molecule is Cc1ccc(C=C2N=C(NN=Cc3ccccc3)NC2=O)cc1. The first-order valence-electron chi connectivity index (χ1n) is 7.23. The Hall–Kier alpha value is -3.21. The van der Waals surface area contributed by atoms with Crippen LogP contribution >= 0.6 is 0 Å². The average Bonchev–Trinajstić information content (AvgIpc) is 2.90. The Morgan fingerprint density at radius 2 is 1.78 bits per heavy atom. The molecule has 1 aliphatic rings. The van der Waals surface area contributed by atoms with Crippen LogP contribution in [0.15, 0.2) is 70.4 Å². The van der Waals surface area contributed by atoms with Crippen molar-refractivity contribution in [3.05, 3.63) is 77.0 Å². The van der Waals surface area contributed by atoms with Gasteiger partial charge in [-0.25, -0.2) is 10.4 Å². The van der Waals surface area contributed by atoms with Gasteiger partial charge in [-0.15, -0.1) is 0 Å². The molecule has 3 rings (SSSR count). The molecule has 2 aromatic carbocycles. The van der Waals surface area contributed by atoms with Crippen molar-refractivity contribution in [2.24, 2.45) is 10.1 Å². The quantitative estimate of drug-likeness (QED) is 0.519. The molecular formula is C18H16N4O. The summed E-state index contributed by atoms with van der Waals surface area (Å²) >= 11 is 0. The number of hydrogen-bond acceptors (Lipinski definition) is 4. The normalized spacial score (nSPS) is 15.8. The molecule has 0 spiro atoms. The second-order valence-corrected chi connectivity index (χ2v) is 5.14. The van der Waals surface area contributed by atoms with Crippen LogP contribution in [0.1, 0.15) is 16.7 Å². The van der Waals surface area contributed by atoms with E-state index in [1.165, 1.54) is 5.56 Å². The lowest BCUT2D eigenvalue weighted by molar-refractivity contribution is -0.115. The van der Waals surface area contributed by atoms with Gasteiger partial charge in [-0.05, 0) is 24.1 Å². The van der Waals surface area contributed by atoms with Crippen LogP contribution < -0.4 is 10.7 Å². The molecule has 0 aromatic heterocycles. The summed E-state index contributed by atoms with van der Waals surface area (Å²) in [5.74, 6) is 0.0727. The van der Waals surface area contributed by atoms with E-state index in [4.69, 9.17) is 0 Å². The number of hydrazone groups is 1. The number of nitrogens with one attached hydrogen (secondary N) is 2. The van der Waals surface area contributed by atoms with Gasteiger partial charge >= 0.3 is 0 Å². The van der Waals surface area contributed by atoms with Gasteiger partial charge in [0.2, 0.25) is 5.96 Å². The predicted octanol–water partition coefficient (Wildman–Crippen LogP) is 2.45. The molecule has 0 fully saturated rings. The van der Waals surface area contributed by atoms with Gasteiger partial charge in [0.25, 0.3) is 5.91 Å². The summed E-state index contributed by atoms with van der Waals surface area (Å²) in [6.07, 6.45) is 3.40. The van der Waals surface area contributed by atoms with Crippen LogP contribution in [0.2, 0.25) is 0 Å². The van der Waals surface area contributed by atoms with Gasteiger partial charge in [0.05, 0.1) is 6.21 Å². The minimum absolute atomic E-state index is 0.247. The standard InChI is InChI=1S/C18H16N4O/c1-13-7-9-14(10-8-13)11-16-17(23)21-18(20-16)22-19-12-15-5-3-2-4-6-15/h2-12H,1H3,(H2,20,21,22,23). The lowest BCUT2D eigenvalue weighted by atomic mass is 10.1. The molecule has 2 aromatic rings. The lowest BCUT2D eigenvalue weighted by Gasteiger charge is -1.97. The van der Waals surface area contributed by atoms with E-state index in [0.717, 1.165) is 11.1 Å². The third-order valence-electron chi connectivity index (χ3n) is 3.26. The van der Waals surface area contributed by atoms with Gasteiger partial charge in [0, 0.05) is 0 Å². The smallest absolute Gasteiger partial charge is 0.276 e. The summed E-state index contributed by atoms with van der Waals surface area (Å²) in [5, 5.41) is 6.70. The van der Waals surface area contributed by atoms with Gasteiger partial charge in [0.15, 0.2) is 0 Å². The molecule has 0 unspecified atom stereocenters. The highest BCUT2D eigenvalue weighted by Crippen LogP contribution is 2.12. The summed E-state index contributed by atoms with van der Waals surface area (Å²) in [6.45, 7) is 2.02. The summed E-state index contributed by atoms with van der Waals surface area (Å²) in [4.78, 5) is 16.1. The maximum absolute atomic E-state index is 11.9. The molecule has 5 heteroatoms. The van der Waals surface area contributed by atoms with Crippen LogP contribution in [-0.4, -0.2) is 18.1 Å². The van der Waals surface area contributed by atoms with Gasteiger partial charge < -0.3 is 0 Å². The second-order valence-electron chi connectivity index (χ2n) is 5.14. The molecule has 1 heterocycles. The van der Waals surface area contributed by atoms with E-state index in [-0.39, 0.29) is 5.91 Å². The van der Waals surface area contributed by atoms with Crippen LogP contribution in [-0.2, 0) is 4.79 Å². The van der Waals surface area contributed by atoms with Gasteiger partial charge in [-0.2, -0.15) is 5.10 Å². The zero-order valence-electron chi connectivity index (χ0n) is 12.7. The molecule has 2 N–H and O–H groups in total. The highest BCUT2D eigenvalue weighted by molar-refractivity contribution is 6.13. The number of rotatable bonds is 3. The molecule has 114 valence electrons. The number of hydrogen-bond donors (Lipinski definition) is 2. The Bertz CT molecular complexity index is 790. The third-order valence-corrected chi connectivity index (χ3v) is 3.26. The molecule has 1 amide bonds. The summed E-state index contributed by atoms with van der Waals surface area (Å²) in [6, 6.07) is 17.5. The van der Waals surface area contributed by atoms with E-state index in [1.807, 2.05) is 61.5 Å². The monoisotopic (exact) mass is 304 g/mol. The van der Waals surface area contributed by atoms with Crippen LogP contribution in [0, 0.1) is 6.92 Å². The first kappa shape index (κ1) is 14.7. The molecule has 0 atom stereocenters. The van der Waals surface area contributed by atoms with Crippen molar-refractivity contribution in [2.75, 3.05) is 0 Å². The van der Waals surface area contributed by atoms with Crippen molar-refractivity contribution in [1.82, 2.24) is 10.7 Å². The minimum Gasteiger partial charge on any atom is -0.289 e. The molecule has 0 aliphatic carbocycles.